The Morgan fingerprint density at radius 1 is 1.12 bits per heavy atom. The number of fused-ring (bicyclic) bond motifs is 3. The van der Waals surface area contributed by atoms with Gasteiger partial charge in [0, 0.05) is 42.8 Å². The van der Waals surface area contributed by atoms with E-state index in [0.717, 1.165) is 48.0 Å². The van der Waals surface area contributed by atoms with Crippen LogP contribution < -0.4 is 4.74 Å². The minimum atomic E-state index is -3.19. The first kappa shape index (κ1) is 21.6. The van der Waals surface area contributed by atoms with Crippen molar-refractivity contribution in [2.75, 3.05) is 32.5 Å². The highest BCUT2D eigenvalue weighted by Gasteiger charge is 2.43. The summed E-state index contributed by atoms with van der Waals surface area (Å²) in [5.74, 6) is 1.24. The quantitative estimate of drug-likeness (QED) is 0.683. The predicted octanol–water partition coefficient (Wildman–Crippen LogP) is 3.20. The van der Waals surface area contributed by atoms with Crippen LogP contribution in [0.5, 0.6) is 5.75 Å². The lowest BCUT2D eigenvalue weighted by molar-refractivity contribution is 0.0456. The third kappa shape index (κ3) is 4.45. The zero-order valence-electron chi connectivity index (χ0n) is 18.7. The first-order chi connectivity index (χ1) is 15.2. The molecule has 2 fully saturated rings. The smallest absolute Gasteiger partial charge is 0.410 e. The van der Waals surface area contributed by atoms with Crippen molar-refractivity contribution in [2.24, 2.45) is 5.92 Å². The van der Waals surface area contributed by atoms with Gasteiger partial charge in [-0.25, -0.2) is 13.2 Å². The first-order valence-electron chi connectivity index (χ1n) is 11.4. The Balaban J connectivity index is 1.17. The number of carbonyl (C=O) groups is 1. The molecule has 0 atom stereocenters. The second-order valence-electron chi connectivity index (χ2n) is 9.66. The molecule has 2 aliphatic heterocycles. The number of carbonyl (C=O) groups excluding carboxylic acids is 1. The van der Waals surface area contributed by atoms with Gasteiger partial charge in [0.15, 0.2) is 0 Å². The van der Waals surface area contributed by atoms with E-state index in [4.69, 9.17) is 9.47 Å². The van der Waals surface area contributed by atoms with Gasteiger partial charge < -0.3 is 18.9 Å². The number of likely N-dealkylation sites (tertiary alicyclic amines) is 1. The molecule has 1 saturated carbocycles. The average molecular weight is 462 g/mol. The fourth-order valence-corrected chi connectivity index (χ4v) is 5.38. The maximum Gasteiger partial charge on any atom is 0.410 e. The summed E-state index contributed by atoms with van der Waals surface area (Å²) in [6.45, 7) is 5.61. The van der Waals surface area contributed by atoms with Crippen LogP contribution >= 0.6 is 0 Å². The zero-order chi connectivity index (χ0) is 22.5. The van der Waals surface area contributed by atoms with E-state index in [-0.39, 0.29) is 11.7 Å². The van der Waals surface area contributed by atoms with Crippen LogP contribution in [0.3, 0.4) is 0 Å². The Kier molecular flexibility index (Phi) is 5.36. The van der Waals surface area contributed by atoms with Crippen LogP contribution in [0.25, 0.3) is 10.9 Å². The van der Waals surface area contributed by atoms with Crippen molar-refractivity contribution >= 4 is 27.0 Å². The molecule has 1 aromatic carbocycles. The van der Waals surface area contributed by atoms with Crippen LogP contribution in [-0.2, 0) is 27.8 Å². The van der Waals surface area contributed by atoms with E-state index in [1.807, 2.05) is 24.0 Å². The first-order valence-corrected chi connectivity index (χ1v) is 13.2. The maximum absolute atomic E-state index is 12.3. The van der Waals surface area contributed by atoms with E-state index in [0.29, 0.717) is 45.2 Å². The standard InChI is InChI=1S/C23H31N3O5S/c1-23(7-8-23)31-22(27)24-9-5-17(6-10-24)16-30-20-3-4-21-18(14-20)13-19-15-25(32(2,28)29)11-12-26(19)21/h3-4,13-14,17H,5-12,15-16H2,1-2H3. The summed E-state index contributed by atoms with van der Waals surface area (Å²) >= 11 is 0. The molecule has 9 heteroatoms. The van der Waals surface area contributed by atoms with Crippen molar-refractivity contribution in [3.05, 3.63) is 30.0 Å². The van der Waals surface area contributed by atoms with E-state index in [1.165, 1.54) is 10.6 Å². The number of ether oxygens (including phenoxy) is 2. The molecule has 3 heterocycles. The molecule has 0 radical (unpaired) electrons. The van der Waals surface area contributed by atoms with Gasteiger partial charge in [0.1, 0.15) is 11.4 Å². The van der Waals surface area contributed by atoms with Crippen LogP contribution in [0, 0.1) is 5.92 Å². The Labute approximate surface area is 189 Å². The summed E-state index contributed by atoms with van der Waals surface area (Å²) in [4.78, 5) is 14.1. The molecule has 8 nitrogen and oxygen atoms in total. The molecule has 5 rings (SSSR count). The molecule has 32 heavy (non-hydrogen) atoms. The predicted molar refractivity (Wildman–Crippen MR) is 121 cm³/mol. The lowest BCUT2D eigenvalue weighted by atomic mass is 9.98. The molecular formula is C23H31N3O5S. The average Bonchev–Trinajstić information content (AvgIpc) is 3.37. The van der Waals surface area contributed by atoms with E-state index >= 15 is 0 Å². The lowest BCUT2D eigenvalue weighted by Gasteiger charge is -2.32. The van der Waals surface area contributed by atoms with Gasteiger partial charge >= 0.3 is 6.09 Å². The molecule has 0 unspecified atom stereocenters. The molecule has 1 aromatic heterocycles. The number of hydrogen-bond acceptors (Lipinski definition) is 5. The third-order valence-electron chi connectivity index (χ3n) is 6.99. The number of amides is 1. The summed E-state index contributed by atoms with van der Waals surface area (Å²) in [6, 6.07) is 8.14. The van der Waals surface area contributed by atoms with Crippen LogP contribution in [0.2, 0.25) is 0 Å². The Morgan fingerprint density at radius 3 is 2.56 bits per heavy atom. The molecule has 0 N–H and O–H groups in total. The SMILES string of the molecule is CC1(OC(=O)N2CCC(COc3ccc4c(c3)cc3n4CCN(S(C)(=O)=O)C3)CC2)CC1. The molecule has 0 bridgehead atoms. The molecule has 1 aliphatic carbocycles. The van der Waals surface area contributed by atoms with E-state index in [1.54, 1.807) is 0 Å². The van der Waals surface area contributed by atoms with Gasteiger partial charge in [0.05, 0.1) is 19.4 Å². The van der Waals surface area contributed by atoms with E-state index < -0.39 is 10.0 Å². The number of aromatic nitrogens is 1. The number of sulfonamides is 1. The van der Waals surface area contributed by atoms with E-state index in [2.05, 4.69) is 16.7 Å². The highest BCUT2D eigenvalue weighted by atomic mass is 32.2. The van der Waals surface area contributed by atoms with Crippen LogP contribution in [0.1, 0.15) is 38.3 Å². The summed E-state index contributed by atoms with van der Waals surface area (Å²) in [6.07, 6.45) is 4.84. The maximum atomic E-state index is 12.3. The Hall–Kier alpha value is -2.26. The number of hydrogen-bond donors (Lipinski definition) is 0. The van der Waals surface area contributed by atoms with Gasteiger partial charge in [-0.1, -0.05) is 0 Å². The monoisotopic (exact) mass is 461 g/mol. The van der Waals surface area contributed by atoms with Crippen molar-refractivity contribution in [2.45, 2.75) is 51.3 Å². The third-order valence-corrected chi connectivity index (χ3v) is 8.23. The number of nitrogens with zero attached hydrogens (tertiary/aromatic N) is 3. The highest BCUT2D eigenvalue weighted by molar-refractivity contribution is 7.88. The van der Waals surface area contributed by atoms with Crippen molar-refractivity contribution < 1.29 is 22.7 Å². The lowest BCUT2D eigenvalue weighted by Crippen LogP contribution is -2.41. The van der Waals surface area contributed by atoms with Gasteiger partial charge in [0.2, 0.25) is 10.0 Å². The molecule has 1 saturated heterocycles. The van der Waals surface area contributed by atoms with Gasteiger partial charge in [-0.15, -0.1) is 0 Å². The molecule has 3 aliphatic rings. The second kappa shape index (κ2) is 7.95. The van der Waals surface area contributed by atoms with Gasteiger partial charge in [-0.3, -0.25) is 0 Å². The van der Waals surface area contributed by atoms with Crippen molar-refractivity contribution in [3.8, 4) is 5.75 Å². The Morgan fingerprint density at radius 2 is 1.88 bits per heavy atom. The van der Waals surface area contributed by atoms with Gasteiger partial charge in [-0.05, 0) is 62.8 Å². The summed E-state index contributed by atoms with van der Waals surface area (Å²) in [7, 11) is -3.19. The normalized spacial score (nSPS) is 21.4. The van der Waals surface area contributed by atoms with E-state index in [9.17, 15) is 13.2 Å². The number of piperidine rings is 1. The summed E-state index contributed by atoms with van der Waals surface area (Å²) in [5, 5.41) is 1.07. The largest absolute Gasteiger partial charge is 0.493 e. The Bertz CT molecular complexity index is 1130. The summed E-state index contributed by atoms with van der Waals surface area (Å²) < 4.78 is 39.2. The summed E-state index contributed by atoms with van der Waals surface area (Å²) in [5.41, 5.74) is 1.89. The van der Waals surface area contributed by atoms with Crippen molar-refractivity contribution in [1.29, 1.82) is 0 Å². The van der Waals surface area contributed by atoms with Crippen molar-refractivity contribution in [1.82, 2.24) is 13.8 Å². The molecular weight excluding hydrogens is 430 g/mol. The zero-order valence-corrected chi connectivity index (χ0v) is 19.6. The van der Waals surface area contributed by atoms with Crippen LogP contribution in [0.4, 0.5) is 4.79 Å². The fraction of sp³-hybridized carbons (Fsp3) is 0.609. The van der Waals surface area contributed by atoms with Crippen LogP contribution in [-0.4, -0.2) is 66.4 Å². The molecule has 0 spiro atoms. The minimum absolute atomic E-state index is 0.179. The molecule has 2 aromatic rings. The molecule has 1 amide bonds. The minimum Gasteiger partial charge on any atom is -0.493 e. The van der Waals surface area contributed by atoms with Gasteiger partial charge in [-0.2, -0.15) is 4.31 Å². The number of rotatable bonds is 5. The second-order valence-corrected chi connectivity index (χ2v) is 11.6. The fourth-order valence-electron chi connectivity index (χ4n) is 4.60. The number of benzene rings is 1. The topological polar surface area (TPSA) is 81.1 Å². The highest BCUT2D eigenvalue weighted by Crippen LogP contribution is 2.39. The van der Waals surface area contributed by atoms with Crippen LogP contribution in [0.15, 0.2) is 24.3 Å². The van der Waals surface area contributed by atoms with Gasteiger partial charge in [0.25, 0.3) is 0 Å². The molecule has 174 valence electrons. The van der Waals surface area contributed by atoms with Crippen molar-refractivity contribution in [3.63, 3.8) is 0 Å².